The Morgan fingerprint density at radius 2 is 1.73 bits per heavy atom. The van der Waals surface area contributed by atoms with Crippen molar-refractivity contribution in [3.63, 3.8) is 0 Å². The molecule has 1 aliphatic heterocycles. The molecule has 0 bridgehead atoms. The highest BCUT2D eigenvalue weighted by Crippen LogP contribution is 2.18. The number of carbonyl (C=O) groups excluding carboxylic acids is 3. The summed E-state index contributed by atoms with van der Waals surface area (Å²) in [7, 11) is 0. The van der Waals surface area contributed by atoms with Gasteiger partial charge in [0.2, 0.25) is 11.8 Å². The lowest BCUT2D eigenvalue weighted by molar-refractivity contribution is -0.139. The number of aromatic nitrogens is 1. The third kappa shape index (κ3) is 4.46. The number of carbonyl (C=O) groups is 3. The largest absolute Gasteiger partial charge is 0.467 e. The van der Waals surface area contributed by atoms with Gasteiger partial charge in [-0.2, -0.15) is 0 Å². The van der Waals surface area contributed by atoms with E-state index in [0.717, 1.165) is 11.1 Å². The van der Waals surface area contributed by atoms with Crippen LogP contribution >= 0.6 is 0 Å². The van der Waals surface area contributed by atoms with Crippen molar-refractivity contribution in [1.82, 2.24) is 14.8 Å². The van der Waals surface area contributed by atoms with Crippen LogP contribution in [0.5, 0.6) is 0 Å². The van der Waals surface area contributed by atoms with Crippen molar-refractivity contribution < 1.29 is 18.8 Å². The summed E-state index contributed by atoms with van der Waals surface area (Å²) in [6.45, 7) is 0.961. The van der Waals surface area contributed by atoms with Gasteiger partial charge in [-0.1, -0.05) is 18.2 Å². The molecule has 0 spiro atoms. The number of hydrogen-bond acceptors (Lipinski definition) is 5. The fraction of sp³-hybridized carbons (Fsp3) is 0.217. The summed E-state index contributed by atoms with van der Waals surface area (Å²) in [5, 5.41) is 0. The summed E-state index contributed by atoms with van der Waals surface area (Å²) in [4.78, 5) is 43.9. The van der Waals surface area contributed by atoms with E-state index in [-0.39, 0.29) is 37.1 Å². The second-order valence-corrected chi connectivity index (χ2v) is 7.17. The Bertz CT molecular complexity index is 1010. The highest BCUT2D eigenvalue weighted by molar-refractivity contribution is 6.01. The Kier molecular flexibility index (Phi) is 5.70. The molecule has 1 aliphatic rings. The smallest absolute Gasteiger partial charge is 0.254 e. The van der Waals surface area contributed by atoms with Gasteiger partial charge in [-0.15, -0.1) is 0 Å². The van der Waals surface area contributed by atoms with Gasteiger partial charge >= 0.3 is 0 Å². The molecular formula is C23H21N3O4. The lowest BCUT2D eigenvalue weighted by atomic mass is 10.1. The van der Waals surface area contributed by atoms with E-state index in [9.17, 15) is 14.4 Å². The van der Waals surface area contributed by atoms with Gasteiger partial charge in [0.15, 0.2) is 0 Å². The number of rotatable bonds is 7. The zero-order valence-corrected chi connectivity index (χ0v) is 16.4. The van der Waals surface area contributed by atoms with Gasteiger partial charge in [-0.05, 0) is 41.5 Å². The van der Waals surface area contributed by atoms with Crippen LogP contribution in [0, 0.1) is 0 Å². The standard InChI is InChI=1S/C23H21N3O4/c27-21-9-10-22(28)26(21)15-17-5-7-19(8-6-17)23(29)25(16-20-4-2-12-30-20)14-18-3-1-11-24-13-18/h1-8,11-13H,9-10,14-16H2. The van der Waals surface area contributed by atoms with Crippen molar-refractivity contribution in [1.29, 1.82) is 0 Å². The molecule has 0 N–H and O–H groups in total. The summed E-state index contributed by atoms with van der Waals surface area (Å²) in [5.74, 6) is 0.243. The number of benzene rings is 1. The molecule has 1 fully saturated rings. The van der Waals surface area contributed by atoms with E-state index >= 15 is 0 Å². The number of hydrogen-bond donors (Lipinski definition) is 0. The van der Waals surface area contributed by atoms with Gasteiger partial charge in [0.05, 0.1) is 19.4 Å². The number of likely N-dealkylation sites (tertiary alicyclic amines) is 1. The van der Waals surface area contributed by atoms with Crippen molar-refractivity contribution in [2.45, 2.75) is 32.5 Å². The molecule has 0 saturated carbocycles. The summed E-state index contributed by atoms with van der Waals surface area (Å²) in [6.07, 6.45) is 5.54. The van der Waals surface area contributed by atoms with Gasteiger partial charge in [0, 0.05) is 37.3 Å². The lowest BCUT2D eigenvalue weighted by Gasteiger charge is -2.22. The first-order valence-electron chi connectivity index (χ1n) is 9.73. The maximum Gasteiger partial charge on any atom is 0.254 e. The Hall–Kier alpha value is -3.74. The van der Waals surface area contributed by atoms with Crippen LogP contribution in [-0.4, -0.2) is 32.5 Å². The minimum atomic E-state index is -0.152. The monoisotopic (exact) mass is 403 g/mol. The van der Waals surface area contributed by atoms with Crippen molar-refractivity contribution in [3.8, 4) is 0 Å². The predicted octanol–water partition coefficient (Wildman–Crippen LogP) is 3.17. The molecule has 4 rings (SSSR count). The fourth-order valence-corrected chi connectivity index (χ4v) is 3.42. The predicted molar refractivity (Wildman–Crippen MR) is 108 cm³/mol. The van der Waals surface area contributed by atoms with Crippen molar-refractivity contribution in [2.75, 3.05) is 0 Å². The minimum absolute atomic E-state index is 0.143. The van der Waals surface area contributed by atoms with E-state index < -0.39 is 0 Å². The van der Waals surface area contributed by atoms with Gasteiger partial charge < -0.3 is 9.32 Å². The molecule has 7 heteroatoms. The molecule has 3 heterocycles. The van der Waals surface area contributed by atoms with Crippen LogP contribution in [0.3, 0.4) is 0 Å². The third-order valence-electron chi connectivity index (χ3n) is 5.01. The van der Waals surface area contributed by atoms with Crippen LogP contribution in [0.1, 0.15) is 40.1 Å². The molecule has 0 aliphatic carbocycles. The SMILES string of the molecule is O=C(c1ccc(CN2C(=O)CCC2=O)cc1)N(Cc1cccnc1)Cc1ccco1. The van der Waals surface area contributed by atoms with Crippen LogP contribution in [-0.2, 0) is 29.2 Å². The number of furan rings is 1. The summed E-state index contributed by atoms with van der Waals surface area (Å²) in [6, 6.07) is 14.4. The van der Waals surface area contributed by atoms with Gasteiger partial charge in [-0.3, -0.25) is 24.3 Å². The topological polar surface area (TPSA) is 83.7 Å². The first-order chi connectivity index (χ1) is 14.6. The van der Waals surface area contributed by atoms with E-state index in [4.69, 9.17) is 4.42 Å². The number of imide groups is 1. The minimum Gasteiger partial charge on any atom is -0.467 e. The molecule has 7 nitrogen and oxygen atoms in total. The summed E-state index contributed by atoms with van der Waals surface area (Å²) >= 11 is 0. The number of nitrogens with zero attached hydrogens (tertiary/aromatic N) is 3. The van der Waals surface area contributed by atoms with E-state index in [1.54, 1.807) is 53.9 Å². The number of amides is 3. The third-order valence-corrected chi connectivity index (χ3v) is 5.01. The molecule has 1 saturated heterocycles. The zero-order chi connectivity index (χ0) is 20.9. The van der Waals surface area contributed by atoms with E-state index in [1.807, 2.05) is 18.2 Å². The first-order valence-corrected chi connectivity index (χ1v) is 9.73. The zero-order valence-electron chi connectivity index (χ0n) is 16.4. The van der Waals surface area contributed by atoms with Crippen molar-refractivity contribution in [3.05, 3.63) is 89.6 Å². The highest BCUT2D eigenvalue weighted by Gasteiger charge is 2.28. The molecule has 152 valence electrons. The van der Waals surface area contributed by atoms with E-state index in [2.05, 4.69) is 4.98 Å². The van der Waals surface area contributed by atoms with Gasteiger partial charge in [0.1, 0.15) is 5.76 Å². The fourth-order valence-electron chi connectivity index (χ4n) is 3.42. The quantitative estimate of drug-likeness (QED) is 0.566. The summed E-state index contributed by atoms with van der Waals surface area (Å²) < 4.78 is 5.42. The molecule has 3 aromatic rings. The Labute approximate surface area is 173 Å². The molecule has 0 unspecified atom stereocenters. The number of pyridine rings is 1. The Morgan fingerprint density at radius 3 is 2.37 bits per heavy atom. The highest BCUT2D eigenvalue weighted by atomic mass is 16.3. The second kappa shape index (κ2) is 8.73. The van der Waals surface area contributed by atoms with Crippen LogP contribution in [0.15, 0.2) is 71.6 Å². The Balaban J connectivity index is 1.50. The van der Waals surface area contributed by atoms with Gasteiger partial charge in [0.25, 0.3) is 5.91 Å². The molecule has 30 heavy (non-hydrogen) atoms. The molecule has 0 atom stereocenters. The van der Waals surface area contributed by atoms with Crippen LogP contribution in [0.2, 0.25) is 0 Å². The average Bonchev–Trinajstić information content (AvgIpc) is 3.39. The lowest BCUT2D eigenvalue weighted by Crippen LogP contribution is -2.30. The van der Waals surface area contributed by atoms with Gasteiger partial charge in [-0.25, -0.2) is 0 Å². The first kappa shape index (κ1) is 19.6. The summed E-state index contributed by atoms with van der Waals surface area (Å²) in [5.41, 5.74) is 2.24. The van der Waals surface area contributed by atoms with Crippen molar-refractivity contribution in [2.24, 2.45) is 0 Å². The molecular weight excluding hydrogens is 382 g/mol. The maximum atomic E-state index is 13.2. The van der Waals surface area contributed by atoms with Crippen LogP contribution in [0.25, 0.3) is 0 Å². The molecule has 0 radical (unpaired) electrons. The van der Waals surface area contributed by atoms with Crippen molar-refractivity contribution >= 4 is 17.7 Å². The maximum absolute atomic E-state index is 13.2. The second-order valence-electron chi connectivity index (χ2n) is 7.17. The molecule has 3 amide bonds. The molecule has 2 aromatic heterocycles. The molecule has 1 aromatic carbocycles. The average molecular weight is 403 g/mol. The normalized spacial score (nSPS) is 13.7. The van der Waals surface area contributed by atoms with Crippen LogP contribution in [0.4, 0.5) is 0 Å². The Morgan fingerprint density at radius 1 is 0.967 bits per heavy atom. The van der Waals surface area contributed by atoms with E-state index in [1.165, 1.54) is 4.90 Å². The van der Waals surface area contributed by atoms with Crippen LogP contribution < -0.4 is 0 Å². The van der Waals surface area contributed by atoms with E-state index in [0.29, 0.717) is 24.4 Å².